The molecule has 0 saturated carbocycles. The summed E-state index contributed by atoms with van der Waals surface area (Å²) in [6, 6.07) is 0. The van der Waals surface area contributed by atoms with E-state index in [0.29, 0.717) is 0 Å². The van der Waals surface area contributed by atoms with Crippen LogP contribution in [0.15, 0.2) is 0 Å². The Bertz CT molecular complexity index is 34.0. The van der Waals surface area contributed by atoms with Crippen LogP contribution in [0.2, 0.25) is 0 Å². The Labute approximate surface area is 117 Å². The van der Waals surface area contributed by atoms with E-state index < -0.39 is 9.05 Å². The van der Waals surface area contributed by atoms with Crippen LogP contribution in [-0.2, 0) is 0 Å². The molecule has 0 bridgehead atoms. The van der Waals surface area contributed by atoms with E-state index in [1.165, 1.54) is 0 Å². The van der Waals surface area contributed by atoms with Gasteiger partial charge in [-0.05, 0) is 0 Å². The van der Waals surface area contributed by atoms with Crippen molar-refractivity contribution in [2.45, 2.75) is 0 Å². The Morgan fingerprint density at radius 2 is 0.778 bits per heavy atom. The summed E-state index contributed by atoms with van der Waals surface area (Å²) in [5, 5.41) is 0. The smallest absolute Gasteiger partial charge is 0.368 e. The van der Waals surface area contributed by atoms with Crippen molar-refractivity contribution in [3.63, 3.8) is 0 Å². The van der Waals surface area contributed by atoms with E-state index in [-0.39, 0.29) is 90.3 Å². The summed E-state index contributed by atoms with van der Waals surface area (Å²) >= 11 is 0. The summed E-state index contributed by atoms with van der Waals surface area (Å²) in [5.74, 6) is 0. The van der Waals surface area contributed by atoms with Gasteiger partial charge in [0.05, 0.1) is 0 Å². The maximum atomic E-state index is 7.33. The topological polar surface area (TPSA) is 80.9 Å². The molecule has 0 aliphatic carbocycles. The molecule has 32 valence electrons. The minimum absolute atomic E-state index is 0. The van der Waals surface area contributed by atoms with Gasteiger partial charge in [-0.2, -0.15) is 0 Å². The quantitative estimate of drug-likeness (QED) is 0.263. The molecule has 0 heterocycles. The molecule has 0 atom stereocenters. The van der Waals surface area contributed by atoms with Gasteiger partial charge in [0.15, 0.2) is 0 Å². The Hall–Kier alpha value is 3.02. The predicted octanol–water partition coefficient (Wildman–Crippen LogP) is -12.0. The first-order valence-corrected chi connectivity index (χ1v) is 2.68. The van der Waals surface area contributed by atoms with Crippen LogP contribution < -0.4 is 67.3 Å². The minimum atomic E-state index is -4.61. The van der Waals surface area contributed by atoms with E-state index in [1.807, 2.05) is 0 Å². The molecule has 0 amide bonds. The van der Waals surface area contributed by atoms with Gasteiger partial charge < -0.3 is 19.2 Å². The molecule has 0 aromatic carbocycles. The van der Waals surface area contributed by atoms with Crippen LogP contribution in [0.5, 0.6) is 0 Å². The van der Waals surface area contributed by atoms with Gasteiger partial charge in [-0.1, -0.05) is 0 Å². The van der Waals surface area contributed by atoms with Crippen LogP contribution >= 0.6 is 0 Å². The van der Waals surface area contributed by atoms with Crippen molar-refractivity contribution in [2.24, 2.45) is 0 Å². The molecule has 0 aromatic heterocycles. The molecule has 0 radical (unpaired) electrons. The molecule has 0 aromatic rings. The largest absolute Gasteiger partial charge is 2.00 e. The molecule has 0 rings (SSSR count). The van der Waals surface area contributed by atoms with Gasteiger partial charge in [0.25, 0.3) is 0 Å². The van der Waals surface area contributed by atoms with E-state index in [2.05, 4.69) is 0 Å². The van der Waals surface area contributed by atoms with Gasteiger partial charge in [-0.25, -0.2) is 0 Å². The first-order chi connectivity index (χ1) is 2.00. The zero-order valence-electron chi connectivity index (χ0n) is 6.00. The van der Waals surface area contributed by atoms with Crippen LogP contribution in [0.4, 0.5) is 0 Å². The van der Waals surface area contributed by atoms with Crippen molar-refractivity contribution < 1.29 is 86.5 Å². The third-order valence-corrected chi connectivity index (χ3v) is 0. The van der Waals surface area contributed by atoms with Gasteiger partial charge in [0.2, 0.25) is 0 Å². The van der Waals surface area contributed by atoms with Crippen molar-refractivity contribution in [3.8, 4) is 0 Å². The fourth-order valence-corrected chi connectivity index (χ4v) is 0. The third kappa shape index (κ3) is 98.4. The van der Waals surface area contributed by atoms with E-state index in [4.69, 9.17) is 19.2 Å². The minimum Gasteiger partial charge on any atom is -0.368 e. The van der Waals surface area contributed by atoms with Crippen molar-refractivity contribution in [2.75, 3.05) is 0 Å². The van der Waals surface area contributed by atoms with Gasteiger partial charge in [0.1, 0.15) is 0 Å². The van der Waals surface area contributed by atoms with Crippen LogP contribution in [0.3, 0.4) is 0 Å². The molecule has 9 heavy (non-hydrogen) atoms. The standard InChI is InChI=1S/2Li.Mg.Na.H4O4Si/c;;;;1-5(2,3)4/h;;;;1-4H/q2*+1;+2;+1;. The van der Waals surface area contributed by atoms with Crippen LogP contribution in [0, 0.1) is 0 Å². The Morgan fingerprint density at radius 3 is 0.778 bits per heavy atom. The second-order valence-corrected chi connectivity index (χ2v) is 1.80. The summed E-state index contributed by atoms with van der Waals surface area (Å²) in [4.78, 5) is 29.3. The molecule has 9 heteroatoms. The van der Waals surface area contributed by atoms with Crippen molar-refractivity contribution in [3.05, 3.63) is 0 Å². The number of rotatable bonds is 0. The van der Waals surface area contributed by atoms with Crippen molar-refractivity contribution in [1.82, 2.24) is 0 Å². The molecule has 0 unspecified atom stereocenters. The average Bonchev–Trinajstić information content (AvgIpc) is 0.722. The number of hydrogen-bond acceptors (Lipinski definition) is 4. The van der Waals surface area contributed by atoms with Crippen molar-refractivity contribution in [1.29, 1.82) is 0 Å². The summed E-state index contributed by atoms with van der Waals surface area (Å²) in [7, 11) is -4.61. The van der Waals surface area contributed by atoms with Gasteiger partial charge in [-0.3, -0.25) is 0 Å². The van der Waals surface area contributed by atoms with E-state index in [9.17, 15) is 0 Å². The first kappa shape index (κ1) is 29.6. The molecular weight excluding hydrogens is 153 g/mol. The zero-order chi connectivity index (χ0) is 4.50. The summed E-state index contributed by atoms with van der Waals surface area (Å²) < 4.78 is 0. The molecule has 0 aliphatic rings. The van der Waals surface area contributed by atoms with Crippen LogP contribution in [0.25, 0.3) is 0 Å². The van der Waals surface area contributed by atoms with E-state index in [0.717, 1.165) is 0 Å². The van der Waals surface area contributed by atoms with E-state index >= 15 is 0 Å². The number of hydrogen-bond donors (Lipinski definition) is 4. The molecule has 0 saturated heterocycles. The van der Waals surface area contributed by atoms with Crippen molar-refractivity contribution >= 4 is 32.1 Å². The molecule has 0 fully saturated rings. The van der Waals surface area contributed by atoms with Gasteiger partial charge in [-0.15, -0.1) is 0 Å². The summed E-state index contributed by atoms with van der Waals surface area (Å²) in [6.45, 7) is 0. The zero-order valence-corrected chi connectivity index (χ0v) is 10.4. The summed E-state index contributed by atoms with van der Waals surface area (Å²) in [6.07, 6.45) is 0. The average molecular weight is 157 g/mol. The Kier molecular flexibility index (Phi) is 44.8. The second-order valence-electron chi connectivity index (χ2n) is 0.600. The maximum Gasteiger partial charge on any atom is 2.00 e. The normalized spacial score (nSPS) is 6.67. The molecular formula is H4Li2MgNaO4Si+5. The fraction of sp³-hybridized carbons (Fsp3) is 0. The van der Waals surface area contributed by atoms with Gasteiger partial charge in [0, 0.05) is 0 Å². The summed E-state index contributed by atoms with van der Waals surface area (Å²) in [5.41, 5.74) is 0. The molecule has 0 aliphatic heterocycles. The molecule has 0 spiro atoms. The molecule has 4 N–H and O–H groups in total. The Morgan fingerprint density at radius 1 is 0.778 bits per heavy atom. The SMILES string of the molecule is O[Si](O)(O)O.[Li+].[Li+].[Mg+2].[Na+]. The Balaban J connectivity index is -0.0000000133. The van der Waals surface area contributed by atoms with E-state index in [1.54, 1.807) is 0 Å². The fourth-order valence-electron chi connectivity index (χ4n) is 0. The third-order valence-electron chi connectivity index (χ3n) is 0. The molecule has 4 nitrogen and oxygen atoms in total. The first-order valence-electron chi connectivity index (χ1n) is 0.894. The predicted molar refractivity (Wildman–Crippen MR) is 20.4 cm³/mol. The monoisotopic (exact) mass is 157 g/mol. The van der Waals surface area contributed by atoms with Gasteiger partial charge >= 0.3 is 99.4 Å². The van der Waals surface area contributed by atoms with Crippen LogP contribution in [-0.4, -0.2) is 51.3 Å². The second kappa shape index (κ2) is 13.6. The van der Waals surface area contributed by atoms with Crippen LogP contribution in [0.1, 0.15) is 0 Å². The maximum absolute atomic E-state index is 7.33.